The minimum Gasteiger partial charge on any atom is -0.481 e. The second kappa shape index (κ2) is 10.9. The number of carboxylic acids is 3. The summed E-state index contributed by atoms with van der Waals surface area (Å²) in [5.41, 5.74) is 5.14. The molecule has 0 saturated carbocycles. The van der Waals surface area contributed by atoms with E-state index in [2.05, 4.69) is 10.6 Å². The fraction of sp³-hybridized carbons (Fsp3) is 0.625. The number of nitrogens with two attached hydrogens (primary N) is 1. The van der Waals surface area contributed by atoms with Crippen LogP contribution in [0, 0.1) is 0 Å². The van der Waals surface area contributed by atoms with Crippen molar-refractivity contribution in [2.45, 2.75) is 50.2 Å². The first-order valence-electron chi connectivity index (χ1n) is 8.83. The van der Waals surface area contributed by atoms with Crippen molar-refractivity contribution in [2.75, 3.05) is 13.1 Å². The minimum atomic E-state index is -1.54. The van der Waals surface area contributed by atoms with Crippen molar-refractivity contribution in [1.29, 1.82) is 0 Å². The molecule has 0 aromatic carbocycles. The van der Waals surface area contributed by atoms with Crippen LogP contribution in [0.15, 0.2) is 0 Å². The highest BCUT2D eigenvalue weighted by atomic mass is 16.4. The number of nitrogens with zero attached hydrogens (tertiary/aromatic N) is 1. The van der Waals surface area contributed by atoms with E-state index in [1.807, 2.05) is 0 Å². The lowest BCUT2D eigenvalue weighted by atomic mass is 10.1. The van der Waals surface area contributed by atoms with Crippen molar-refractivity contribution < 1.29 is 44.1 Å². The van der Waals surface area contributed by atoms with Gasteiger partial charge >= 0.3 is 17.9 Å². The molecule has 0 radical (unpaired) electrons. The van der Waals surface area contributed by atoms with E-state index in [9.17, 15) is 33.9 Å². The van der Waals surface area contributed by atoms with Crippen LogP contribution < -0.4 is 16.4 Å². The van der Waals surface area contributed by atoms with Gasteiger partial charge in [-0.1, -0.05) is 0 Å². The van der Waals surface area contributed by atoms with Crippen LogP contribution in [0.1, 0.15) is 32.1 Å². The Morgan fingerprint density at radius 1 is 1.00 bits per heavy atom. The minimum absolute atomic E-state index is 0.123. The maximum Gasteiger partial charge on any atom is 0.326 e. The van der Waals surface area contributed by atoms with Crippen molar-refractivity contribution in [3.8, 4) is 0 Å². The zero-order chi connectivity index (χ0) is 22.1. The third kappa shape index (κ3) is 7.37. The Morgan fingerprint density at radius 2 is 1.66 bits per heavy atom. The fourth-order valence-corrected chi connectivity index (χ4v) is 2.92. The SMILES string of the molecule is NCC(=O)NC(CC(=O)O)C(=O)NC(CCC(=O)O)C(=O)N1CCCC1C(=O)O. The van der Waals surface area contributed by atoms with Gasteiger partial charge in [0.1, 0.15) is 18.1 Å². The Hall–Kier alpha value is -3.22. The summed E-state index contributed by atoms with van der Waals surface area (Å²) in [5.74, 6) is -6.48. The van der Waals surface area contributed by atoms with Gasteiger partial charge in [0, 0.05) is 13.0 Å². The van der Waals surface area contributed by atoms with Crippen molar-refractivity contribution >= 4 is 35.6 Å². The van der Waals surface area contributed by atoms with Crippen LogP contribution in [-0.2, 0) is 28.8 Å². The lowest BCUT2D eigenvalue weighted by Gasteiger charge is -2.28. The number of hydrogen-bond acceptors (Lipinski definition) is 7. The molecular formula is C16H24N4O9. The summed E-state index contributed by atoms with van der Waals surface area (Å²) in [6.45, 7) is -0.378. The van der Waals surface area contributed by atoms with Crippen LogP contribution in [0.5, 0.6) is 0 Å². The van der Waals surface area contributed by atoms with Crippen LogP contribution in [0.2, 0.25) is 0 Å². The lowest BCUT2D eigenvalue weighted by molar-refractivity contribution is -0.150. The van der Waals surface area contributed by atoms with Crippen LogP contribution >= 0.6 is 0 Å². The average Bonchev–Trinajstić information content (AvgIpc) is 3.13. The average molecular weight is 416 g/mol. The smallest absolute Gasteiger partial charge is 0.326 e. The van der Waals surface area contributed by atoms with Gasteiger partial charge < -0.3 is 36.6 Å². The molecule has 3 atom stereocenters. The van der Waals surface area contributed by atoms with Crippen LogP contribution in [0.3, 0.4) is 0 Å². The third-order valence-electron chi connectivity index (χ3n) is 4.30. The summed E-state index contributed by atoms with van der Waals surface area (Å²) in [7, 11) is 0. The van der Waals surface area contributed by atoms with Gasteiger partial charge in [-0.3, -0.25) is 24.0 Å². The van der Waals surface area contributed by atoms with Crippen molar-refractivity contribution in [3.63, 3.8) is 0 Å². The first-order valence-corrected chi connectivity index (χ1v) is 8.83. The predicted octanol–water partition coefficient (Wildman–Crippen LogP) is -2.67. The molecule has 1 aliphatic heterocycles. The van der Waals surface area contributed by atoms with Gasteiger partial charge in [-0.25, -0.2) is 4.79 Å². The van der Waals surface area contributed by atoms with Crippen LogP contribution in [0.4, 0.5) is 0 Å². The highest BCUT2D eigenvalue weighted by Crippen LogP contribution is 2.19. The normalized spacial score (nSPS) is 17.8. The number of carboxylic acid groups (broad SMARTS) is 3. The van der Waals surface area contributed by atoms with Crippen LogP contribution in [0.25, 0.3) is 0 Å². The van der Waals surface area contributed by atoms with E-state index >= 15 is 0 Å². The number of nitrogens with one attached hydrogen (secondary N) is 2. The van der Waals surface area contributed by atoms with Gasteiger partial charge in [0.25, 0.3) is 0 Å². The molecule has 0 aliphatic carbocycles. The monoisotopic (exact) mass is 416 g/mol. The topological polar surface area (TPSA) is 216 Å². The van der Waals surface area contributed by atoms with Gasteiger partial charge in [0.15, 0.2) is 0 Å². The van der Waals surface area contributed by atoms with Gasteiger partial charge in [-0.15, -0.1) is 0 Å². The molecule has 3 amide bonds. The van der Waals surface area contributed by atoms with E-state index in [0.29, 0.717) is 6.42 Å². The van der Waals surface area contributed by atoms with Gasteiger partial charge in [0.05, 0.1) is 13.0 Å². The lowest BCUT2D eigenvalue weighted by Crippen LogP contribution is -2.56. The molecule has 3 unspecified atom stereocenters. The Bertz CT molecular complexity index is 681. The Labute approximate surface area is 165 Å². The highest BCUT2D eigenvalue weighted by Gasteiger charge is 2.38. The number of likely N-dealkylation sites (tertiary alicyclic amines) is 1. The summed E-state index contributed by atoms with van der Waals surface area (Å²) in [5, 5.41) is 31.4. The summed E-state index contributed by atoms with van der Waals surface area (Å²) in [6, 6.07) is -4.04. The van der Waals surface area contributed by atoms with Gasteiger partial charge in [-0.2, -0.15) is 0 Å². The quantitative estimate of drug-likeness (QED) is 0.205. The molecule has 1 saturated heterocycles. The number of amides is 3. The molecule has 0 aromatic heterocycles. The maximum atomic E-state index is 12.8. The third-order valence-corrected chi connectivity index (χ3v) is 4.30. The molecule has 13 nitrogen and oxygen atoms in total. The van der Waals surface area contributed by atoms with E-state index in [4.69, 9.17) is 15.9 Å². The summed E-state index contributed by atoms with van der Waals surface area (Å²) in [6.07, 6.45) is -0.987. The van der Waals surface area contributed by atoms with E-state index in [1.165, 1.54) is 0 Å². The first-order chi connectivity index (χ1) is 13.6. The molecule has 1 heterocycles. The molecular weight excluding hydrogens is 392 g/mol. The molecule has 0 spiro atoms. The number of hydrogen-bond donors (Lipinski definition) is 6. The highest BCUT2D eigenvalue weighted by molar-refractivity contribution is 5.95. The first kappa shape index (κ1) is 23.8. The molecule has 162 valence electrons. The number of aliphatic carboxylic acids is 3. The Kier molecular flexibility index (Phi) is 8.99. The van der Waals surface area contributed by atoms with E-state index in [-0.39, 0.29) is 19.4 Å². The summed E-state index contributed by atoms with van der Waals surface area (Å²) < 4.78 is 0. The Morgan fingerprint density at radius 3 is 2.17 bits per heavy atom. The molecule has 13 heteroatoms. The molecule has 1 fully saturated rings. The Balaban J connectivity index is 2.99. The zero-order valence-corrected chi connectivity index (χ0v) is 15.5. The second-order valence-corrected chi connectivity index (χ2v) is 6.44. The van der Waals surface area contributed by atoms with Gasteiger partial charge in [0.2, 0.25) is 17.7 Å². The molecule has 1 rings (SSSR count). The zero-order valence-electron chi connectivity index (χ0n) is 15.5. The van der Waals surface area contributed by atoms with Crippen molar-refractivity contribution in [3.05, 3.63) is 0 Å². The molecule has 7 N–H and O–H groups in total. The van der Waals surface area contributed by atoms with Crippen LogP contribution in [-0.4, -0.2) is 87.1 Å². The van der Waals surface area contributed by atoms with E-state index < -0.39 is 73.1 Å². The number of rotatable bonds is 11. The predicted molar refractivity (Wildman–Crippen MR) is 94.4 cm³/mol. The molecule has 1 aliphatic rings. The number of carbonyl (C=O) groups excluding carboxylic acids is 3. The maximum absolute atomic E-state index is 12.8. The fourth-order valence-electron chi connectivity index (χ4n) is 2.92. The molecule has 29 heavy (non-hydrogen) atoms. The second-order valence-electron chi connectivity index (χ2n) is 6.44. The van der Waals surface area contributed by atoms with Crippen molar-refractivity contribution in [1.82, 2.24) is 15.5 Å². The van der Waals surface area contributed by atoms with Gasteiger partial charge in [-0.05, 0) is 19.3 Å². The largest absolute Gasteiger partial charge is 0.481 e. The number of carbonyl (C=O) groups is 6. The standard InChI is InChI=1S/C16H24N4O9/c17-7-11(21)18-9(6-13(24)25)14(26)19-8(3-4-12(22)23)15(27)20-5-1-2-10(20)16(28)29/h8-10H,1-7,17H2,(H,18,21)(H,19,26)(H,22,23)(H,24,25)(H,28,29). The molecule has 0 bridgehead atoms. The molecule has 0 aromatic rings. The van der Waals surface area contributed by atoms with E-state index in [0.717, 1.165) is 4.90 Å². The van der Waals surface area contributed by atoms with Crippen molar-refractivity contribution in [2.24, 2.45) is 5.73 Å². The van der Waals surface area contributed by atoms with E-state index in [1.54, 1.807) is 0 Å². The summed E-state index contributed by atoms with van der Waals surface area (Å²) >= 11 is 0. The summed E-state index contributed by atoms with van der Waals surface area (Å²) in [4.78, 5) is 70.9.